The number of hydrogen-bond donors (Lipinski definition) is 0. The molecular formula is C45H27N3O2. The predicted octanol–water partition coefficient (Wildman–Crippen LogP) is 12.0. The second kappa shape index (κ2) is 11.4. The van der Waals surface area contributed by atoms with Crippen LogP contribution < -0.4 is 0 Å². The van der Waals surface area contributed by atoms with Crippen LogP contribution in [-0.4, -0.2) is 15.0 Å². The van der Waals surface area contributed by atoms with Crippen molar-refractivity contribution in [1.82, 2.24) is 15.0 Å². The van der Waals surface area contributed by atoms with Gasteiger partial charge in [0.15, 0.2) is 17.5 Å². The van der Waals surface area contributed by atoms with Crippen LogP contribution in [0.4, 0.5) is 0 Å². The first-order valence-electron chi connectivity index (χ1n) is 22.9. The lowest BCUT2D eigenvalue weighted by Gasteiger charge is -2.13. The molecule has 0 saturated carbocycles. The number of para-hydroxylation sites is 3. The van der Waals surface area contributed by atoms with Crippen molar-refractivity contribution in [1.29, 1.82) is 0 Å². The largest absolute Gasteiger partial charge is 0.456 e. The smallest absolute Gasteiger partial charge is 0.164 e. The van der Waals surface area contributed by atoms with Crippen molar-refractivity contribution in [2.24, 2.45) is 0 Å². The number of aromatic nitrogens is 3. The summed E-state index contributed by atoms with van der Waals surface area (Å²) in [5.74, 6) is -0.211. The number of nitrogens with zero attached hydrogens (tertiary/aromatic N) is 3. The Kier molecular flexibility index (Phi) is 3.87. The standard InChI is InChI=1S/C45H27N3O2/c1-3-12-28(13-4-1)31-24-32(34-18-11-19-38-36-17-8-10-21-40(36)50-42(34)38)26-33(25-31)45-47-43(29-14-5-2-6-15-29)46-44(48-45)30-22-23-37-35-16-7-9-20-39(35)49-41(37)27-30/h1-27H/i1D,3D,4D,8D,10D,11D,12D,13D,17D,18D,19D,21D,24D,25D,26D. The summed E-state index contributed by atoms with van der Waals surface area (Å²) in [5, 5.41) is 1.07. The Balaban J connectivity index is 1.37. The first kappa shape index (κ1) is 17.0. The van der Waals surface area contributed by atoms with Gasteiger partial charge in [0.2, 0.25) is 0 Å². The summed E-state index contributed by atoms with van der Waals surface area (Å²) in [6, 6.07) is 10.6. The van der Waals surface area contributed by atoms with Gasteiger partial charge in [-0.05, 0) is 59.1 Å². The zero-order valence-electron chi connectivity index (χ0n) is 40.6. The molecule has 0 N–H and O–H groups in total. The van der Waals surface area contributed by atoms with Crippen LogP contribution in [0.5, 0.6) is 0 Å². The van der Waals surface area contributed by atoms with Gasteiger partial charge in [0.05, 0.1) is 20.6 Å². The monoisotopic (exact) mass is 656 g/mol. The molecule has 234 valence electrons. The molecule has 0 aliphatic carbocycles. The molecule has 0 bridgehead atoms. The van der Waals surface area contributed by atoms with Crippen molar-refractivity contribution in [3.05, 3.63) is 163 Å². The summed E-state index contributed by atoms with van der Waals surface area (Å²) in [5.41, 5.74) is -1.54. The fourth-order valence-electron chi connectivity index (χ4n) is 5.91. The van der Waals surface area contributed by atoms with Gasteiger partial charge in [0.25, 0.3) is 0 Å². The molecule has 7 aromatic carbocycles. The Bertz CT molecular complexity index is 3710. The molecule has 5 heteroatoms. The van der Waals surface area contributed by atoms with E-state index >= 15 is 0 Å². The second-order valence-electron chi connectivity index (χ2n) is 11.2. The highest BCUT2D eigenvalue weighted by molar-refractivity contribution is 6.10. The first-order valence-corrected chi connectivity index (χ1v) is 15.4. The van der Waals surface area contributed by atoms with Crippen LogP contribution in [0, 0.1) is 0 Å². The van der Waals surface area contributed by atoms with Crippen molar-refractivity contribution >= 4 is 43.9 Å². The summed E-state index contributed by atoms with van der Waals surface area (Å²) < 4.78 is 146. The minimum Gasteiger partial charge on any atom is -0.456 e. The minimum atomic E-state index is -0.804. The van der Waals surface area contributed by atoms with Gasteiger partial charge in [-0.15, -0.1) is 0 Å². The third-order valence-corrected chi connectivity index (χ3v) is 8.21. The lowest BCUT2D eigenvalue weighted by molar-refractivity contribution is 0.669. The Labute approximate surface area is 308 Å². The molecule has 0 fully saturated rings. The van der Waals surface area contributed by atoms with E-state index in [1.165, 1.54) is 0 Å². The van der Waals surface area contributed by atoms with E-state index in [9.17, 15) is 5.48 Å². The van der Waals surface area contributed by atoms with Crippen molar-refractivity contribution in [2.45, 2.75) is 0 Å². The number of hydrogen-bond acceptors (Lipinski definition) is 5. The van der Waals surface area contributed by atoms with Gasteiger partial charge < -0.3 is 8.83 Å². The molecule has 0 amide bonds. The van der Waals surface area contributed by atoms with E-state index < -0.39 is 130 Å². The Morgan fingerprint density at radius 3 is 1.96 bits per heavy atom. The topological polar surface area (TPSA) is 65.0 Å². The highest BCUT2D eigenvalue weighted by Crippen LogP contribution is 2.39. The van der Waals surface area contributed by atoms with Gasteiger partial charge in [0.1, 0.15) is 22.3 Å². The predicted molar refractivity (Wildman–Crippen MR) is 202 cm³/mol. The molecule has 0 unspecified atom stereocenters. The maximum Gasteiger partial charge on any atom is 0.164 e. The van der Waals surface area contributed by atoms with Crippen molar-refractivity contribution in [3.8, 4) is 56.4 Å². The fraction of sp³-hybridized carbons (Fsp3) is 0. The third kappa shape index (κ3) is 4.75. The molecule has 0 radical (unpaired) electrons. The van der Waals surface area contributed by atoms with Gasteiger partial charge >= 0.3 is 0 Å². The quantitative estimate of drug-likeness (QED) is 0.184. The summed E-state index contributed by atoms with van der Waals surface area (Å²) in [7, 11) is 0. The molecule has 3 heterocycles. The van der Waals surface area contributed by atoms with Gasteiger partial charge in [-0.1, -0.05) is 121 Å². The molecule has 5 nitrogen and oxygen atoms in total. The van der Waals surface area contributed by atoms with Gasteiger partial charge in [-0.3, -0.25) is 0 Å². The molecule has 0 aliphatic heterocycles. The van der Waals surface area contributed by atoms with Crippen LogP contribution in [-0.2, 0) is 0 Å². The average Bonchev–Trinajstić information content (AvgIpc) is 3.90. The maximum absolute atomic E-state index is 9.87. The molecule has 10 rings (SSSR count). The first-order chi connectivity index (χ1) is 31.0. The fourth-order valence-corrected chi connectivity index (χ4v) is 5.91. The molecule has 0 spiro atoms. The lowest BCUT2D eigenvalue weighted by atomic mass is 9.94. The van der Waals surface area contributed by atoms with Crippen LogP contribution in [0.2, 0.25) is 0 Å². The van der Waals surface area contributed by atoms with E-state index in [-0.39, 0.29) is 28.2 Å². The van der Waals surface area contributed by atoms with Crippen LogP contribution in [0.15, 0.2) is 172 Å². The Hall–Kier alpha value is -6.85. The second-order valence-corrected chi connectivity index (χ2v) is 11.2. The Morgan fingerprint density at radius 1 is 0.400 bits per heavy atom. The van der Waals surface area contributed by atoms with E-state index in [1.54, 1.807) is 42.5 Å². The Morgan fingerprint density at radius 2 is 1.08 bits per heavy atom. The minimum absolute atomic E-state index is 0.0482. The van der Waals surface area contributed by atoms with Gasteiger partial charge in [-0.25, -0.2) is 15.0 Å². The van der Waals surface area contributed by atoms with Gasteiger partial charge in [0, 0.05) is 43.8 Å². The van der Waals surface area contributed by atoms with Crippen LogP contribution in [0.1, 0.15) is 20.6 Å². The number of fused-ring (bicyclic) bond motifs is 6. The normalized spacial score (nSPS) is 15.8. The zero-order chi connectivity index (χ0) is 46.1. The van der Waals surface area contributed by atoms with E-state index in [1.807, 2.05) is 30.3 Å². The highest BCUT2D eigenvalue weighted by Gasteiger charge is 2.18. The van der Waals surface area contributed by atoms with Gasteiger partial charge in [-0.2, -0.15) is 0 Å². The van der Waals surface area contributed by atoms with Crippen LogP contribution in [0.3, 0.4) is 0 Å². The summed E-state index contributed by atoms with van der Waals surface area (Å²) in [6.45, 7) is 0. The van der Waals surface area contributed by atoms with E-state index in [0.29, 0.717) is 22.3 Å². The average molecular weight is 657 g/mol. The van der Waals surface area contributed by atoms with Crippen LogP contribution >= 0.6 is 0 Å². The van der Waals surface area contributed by atoms with E-state index in [2.05, 4.69) is 0 Å². The molecule has 0 atom stereocenters. The van der Waals surface area contributed by atoms with E-state index in [4.69, 9.17) is 38.9 Å². The van der Waals surface area contributed by atoms with Crippen molar-refractivity contribution < 1.29 is 29.4 Å². The molecule has 50 heavy (non-hydrogen) atoms. The van der Waals surface area contributed by atoms with E-state index in [0.717, 1.165) is 10.8 Å². The zero-order valence-corrected chi connectivity index (χ0v) is 25.6. The lowest BCUT2D eigenvalue weighted by Crippen LogP contribution is -2.00. The maximum atomic E-state index is 9.87. The van der Waals surface area contributed by atoms with Crippen LogP contribution in [0.25, 0.3) is 100 Å². The SMILES string of the molecule is [2H]c1c([2H])c([2H])c(-c2c([2H])c(-c3nc(-c4ccccc4)nc(-c4ccc5c(c4)oc4ccccc45)n3)c([2H])c(-c3c([2H])c([2H])c([2H])c4c3oc3c([2H])c([2H])c([2H])c([2H])c34)c2[2H])c([2H])c1[2H]. The molecule has 10 aromatic rings. The number of rotatable bonds is 5. The molecule has 0 aliphatic rings. The number of furan rings is 2. The number of benzene rings is 7. The summed E-state index contributed by atoms with van der Waals surface area (Å²) in [4.78, 5) is 14.3. The molecule has 3 aromatic heterocycles. The summed E-state index contributed by atoms with van der Waals surface area (Å²) >= 11 is 0. The third-order valence-electron chi connectivity index (χ3n) is 8.21. The highest BCUT2D eigenvalue weighted by atomic mass is 16.3. The molecule has 0 saturated heterocycles. The molecular weight excluding hydrogens is 615 g/mol. The summed E-state index contributed by atoms with van der Waals surface area (Å²) in [6.07, 6.45) is 0. The van der Waals surface area contributed by atoms with Crippen molar-refractivity contribution in [2.75, 3.05) is 0 Å². The van der Waals surface area contributed by atoms with Crippen molar-refractivity contribution in [3.63, 3.8) is 0 Å².